The molecule has 1 unspecified atom stereocenters. The quantitative estimate of drug-likeness (QED) is 0.253. The van der Waals surface area contributed by atoms with Crippen molar-refractivity contribution in [2.75, 3.05) is 6.54 Å². The number of unbranched alkanes of at least 4 members (excludes halogenated alkanes) is 1. The largest absolute Gasteiger partial charge is 0.301 e. The van der Waals surface area contributed by atoms with E-state index in [-0.39, 0.29) is 0 Å². The van der Waals surface area contributed by atoms with Gasteiger partial charge in [0.05, 0.1) is 0 Å². The SMILES string of the molecule is C=NCCC/C=C\C/C=C/CC1=CCCC(C2CCCc3ccccc32)=C1. The van der Waals surface area contributed by atoms with E-state index in [1.54, 1.807) is 16.7 Å². The molecule has 2 aliphatic carbocycles. The lowest BCUT2D eigenvalue weighted by Gasteiger charge is -2.29. The van der Waals surface area contributed by atoms with Crippen LogP contribution in [0.3, 0.4) is 0 Å². The molecule has 1 heteroatoms. The van der Waals surface area contributed by atoms with Crippen LogP contribution in [0.25, 0.3) is 0 Å². The summed E-state index contributed by atoms with van der Waals surface area (Å²) < 4.78 is 0. The van der Waals surface area contributed by atoms with Crippen molar-refractivity contribution in [2.45, 2.75) is 63.7 Å². The summed E-state index contributed by atoms with van der Waals surface area (Å²) in [6.45, 7) is 4.38. The molecule has 1 nitrogen and oxygen atoms in total. The Morgan fingerprint density at radius 3 is 2.89 bits per heavy atom. The first kappa shape index (κ1) is 19.6. The Morgan fingerprint density at radius 2 is 1.96 bits per heavy atom. The smallest absolute Gasteiger partial charge is 0.0385 e. The van der Waals surface area contributed by atoms with Crippen LogP contribution in [0.5, 0.6) is 0 Å². The van der Waals surface area contributed by atoms with Crippen LogP contribution in [0.2, 0.25) is 0 Å². The first-order chi connectivity index (χ1) is 13.4. The molecule has 3 rings (SSSR count). The van der Waals surface area contributed by atoms with E-state index in [4.69, 9.17) is 0 Å². The molecule has 27 heavy (non-hydrogen) atoms. The fraction of sp³-hybridized carbons (Fsp3) is 0.423. The lowest BCUT2D eigenvalue weighted by Crippen LogP contribution is -2.13. The van der Waals surface area contributed by atoms with Gasteiger partial charge in [0.1, 0.15) is 0 Å². The Balaban J connectivity index is 1.52. The van der Waals surface area contributed by atoms with E-state index in [0.717, 1.165) is 32.2 Å². The van der Waals surface area contributed by atoms with E-state index in [9.17, 15) is 0 Å². The Morgan fingerprint density at radius 1 is 1.07 bits per heavy atom. The average molecular weight is 360 g/mol. The lowest BCUT2D eigenvalue weighted by molar-refractivity contribution is 0.589. The summed E-state index contributed by atoms with van der Waals surface area (Å²) in [6, 6.07) is 9.08. The molecule has 2 aliphatic rings. The summed E-state index contributed by atoms with van der Waals surface area (Å²) in [4.78, 5) is 3.88. The number of benzene rings is 1. The molecule has 0 radical (unpaired) electrons. The summed E-state index contributed by atoms with van der Waals surface area (Å²) in [6.07, 6.45) is 24.7. The summed E-state index contributed by atoms with van der Waals surface area (Å²) in [5, 5.41) is 0. The fourth-order valence-corrected chi connectivity index (χ4v) is 4.28. The molecule has 0 spiro atoms. The topological polar surface area (TPSA) is 12.4 Å². The van der Waals surface area contributed by atoms with Crippen LogP contribution in [0.4, 0.5) is 0 Å². The van der Waals surface area contributed by atoms with Gasteiger partial charge in [-0.3, -0.25) is 0 Å². The number of allylic oxidation sites excluding steroid dienone is 8. The Bertz CT molecular complexity index is 732. The molecule has 0 saturated heterocycles. The number of nitrogens with zero attached hydrogens (tertiary/aromatic N) is 1. The normalized spacial score (nSPS) is 19.8. The predicted octanol–water partition coefficient (Wildman–Crippen LogP) is 7.13. The molecule has 0 aliphatic heterocycles. The highest BCUT2D eigenvalue weighted by molar-refractivity contribution is 5.42. The zero-order chi connectivity index (χ0) is 18.7. The van der Waals surface area contributed by atoms with Crippen molar-refractivity contribution in [1.82, 2.24) is 0 Å². The van der Waals surface area contributed by atoms with Crippen LogP contribution in [-0.4, -0.2) is 13.3 Å². The van der Waals surface area contributed by atoms with Crippen LogP contribution >= 0.6 is 0 Å². The number of hydrogen-bond donors (Lipinski definition) is 0. The second-order valence-corrected chi connectivity index (χ2v) is 7.65. The minimum atomic E-state index is 0.649. The highest BCUT2D eigenvalue weighted by atomic mass is 14.7. The second kappa shape index (κ2) is 10.9. The van der Waals surface area contributed by atoms with Gasteiger partial charge in [-0.2, -0.15) is 0 Å². The minimum Gasteiger partial charge on any atom is -0.301 e. The van der Waals surface area contributed by atoms with E-state index in [0.29, 0.717) is 5.92 Å². The third-order valence-corrected chi connectivity index (χ3v) is 5.67. The molecule has 0 aromatic heterocycles. The van der Waals surface area contributed by atoms with E-state index >= 15 is 0 Å². The molecule has 1 aromatic rings. The Kier molecular flexibility index (Phi) is 7.89. The molecule has 0 bridgehead atoms. The first-order valence-corrected chi connectivity index (χ1v) is 10.6. The van der Waals surface area contributed by atoms with Gasteiger partial charge in [0.15, 0.2) is 0 Å². The van der Waals surface area contributed by atoms with Gasteiger partial charge in [-0.05, 0) is 81.2 Å². The molecular formula is C26H33N. The predicted molar refractivity (Wildman–Crippen MR) is 119 cm³/mol. The van der Waals surface area contributed by atoms with Crippen LogP contribution in [0, 0.1) is 0 Å². The van der Waals surface area contributed by atoms with Crippen molar-refractivity contribution in [2.24, 2.45) is 4.99 Å². The number of fused-ring (bicyclic) bond motifs is 1. The van der Waals surface area contributed by atoms with Crippen molar-refractivity contribution in [3.8, 4) is 0 Å². The van der Waals surface area contributed by atoms with Gasteiger partial charge < -0.3 is 4.99 Å². The first-order valence-electron chi connectivity index (χ1n) is 10.6. The highest BCUT2D eigenvalue weighted by Gasteiger charge is 2.23. The van der Waals surface area contributed by atoms with Crippen LogP contribution in [0.15, 0.2) is 76.9 Å². The van der Waals surface area contributed by atoms with E-state index in [1.165, 1.54) is 37.7 Å². The standard InChI is InChI=1S/C26H33N/c1-27-20-10-6-4-2-3-5-7-13-22-14-11-17-24(21-22)26-19-12-16-23-15-8-9-18-25(23)26/h2,4-5,7-9,14-15,18,21,26H,1,3,6,10-13,16-17,19-20H2/b4-2-,7-5+. The molecular weight excluding hydrogens is 326 g/mol. The van der Waals surface area contributed by atoms with Gasteiger partial charge >= 0.3 is 0 Å². The van der Waals surface area contributed by atoms with Crippen molar-refractivity contribution in [3.05, 3.63) is 83.0 Å². The van der Waals surface area contributed by atoms with Crippen molar-refractivity contribution < 1.29 is 0 Å². The van der Waals surface area contributed by atoms with Crippen molar-refractivity contribution >= 4 is 6.72 Å². The highest BCUT2D eigenvalue weighted by Crippen LogP contribution is 2.40. The minimum absolute atomic E-state index is 0.649. The molecule has 142 valence electrons. The Labute approximate surface area is 165 Å². The van der Waals surface area contributed by atoms with Gasteiger partial charge in [-0.1, -0.05) is 66.3 Å². The lowest BCUT2D eigenvalue weighted by atomic mass is 9.76. The van der Waals surface area contributed by atoms with Gasteiger partial charge in [0.25, 0.3) is 0 Å². The third-order valence-electron chi connectivity index (χ3n) is 5.67. The number of hydrogen-bond acceptors (Lipinski definition) is 1. The molecule has 1 aromatic carbocycles. The maximum absolute atomic E-state index is 3.88. The number of rotatable bonds is 9. The van der Waals surface area contributed by atoms with Crippen LogP contribution < -0.4 is 0 Å². The molecule has 0 amide bonds. The van der Waals surface area contributed by atoms with Crippen molar-refractivity contribution in [1.29, 1.82) is 0 Å². The maximum Gasteiger partial charge on any atom is 0.0385 e. The molecule has 1 atom stereocenters. The van der Waals surface area contributed by atoms with E-state index in [2.05, 4.69) is 72.4 Å². The van der Waals surface area contributed by atoms with Gasteiger partial charge in [0.2, 0.25) is 0 Å². The second-order valence-electron chi connectivity index (χ2n) is 7.65. The van der Waals surface area contributed by atoms with Crippen LogP contribution in [-0.2, 0) is 6.42 Å². The molecule has 0 N–H and O–H groups in total. The Hall–Kier alpha value is -2.15. The summed E-state index contributed by atoms with van der Waals surface area (Å²) in [5.74, 6) is 0.649. The monoisotopic (exact) mass is 359 g/mol. The van der Waals surface area contributed by atoms with Gasteiger partial charge in [0, 0.05) is 12.5 Å². The number of aliphatic imine (C=N–C) groups is 1. The van der Waals surface area contributed by atoms with Crippen molar-refractivity contribution in [3.63, 3.8) is 0 Å². The zero-order valence-electron chi connectivity index (χ0n) is 16.6. The summed E-state index contributed by atoms with van der Waals surface area (Å²) in [7, 11) is 0. The zero-order valence-corrected chi connectivity index (χ0v) is 16.6. The third kappa shape index (κ3) is 5.92. The molecule has 0 saturated carbocycles. The summed E-state index contributed by atoms with van der Waals surface area (Å²) >= 11 is 0. The maximum atomic E-state index is 3.88. The van der Waals surface area contributed by atoms with Gasteiger partial charge in [-0.15, -0.1) is 0 Å². The fourth-order valence-electron chi connectivity index (χ4n) is 4.28. The van der Waals surface area contributed by atoms with Crippen LogP contribution in [0.1, 0.15) is 68.4 Å². The number of aryl methyl sites for hydroxylation is 1. The average Bonchev–Trinajstić information content (AvgIpc) is 2.72. The van der Waals surface area contributed by atoms with E-state index < -0.39 is 0 Å². The van der Waals surface area contributed by atoms with E-state index in [1.807, 2.05) is 0 Å². The molecule has 0 fully saturated rings. The molecule has 0 heterocycles. The van der Waals surface area contributed by atoms with Gasteiger partial charge in [-0.25, -0.2) is 0 Å². The summed E-state index contributed by atoms with van der Waals surface area (Å²) in [5.41, 5.74) is 6.31.